The molecule has 16 heavy (non-hydrogen) atoms. The molecular weight excluding hydrogens is 198 g/mol. The van der Waals surface area contributed by atoms with Crippen molar-refractivity contribution < 1.29 is 4.79 Å². The van der Waals surface area contributed by atoms with E-state index in [1.807, 2.05) is 38.1 Å². The van der Waals surface area contributed by atoms with Gasteiger partial charge >= 0.3 is 0 Å². The van der Waals surface area contributed by atoms with E-state index >= 15 is 0 Å². The Labute approximate surface area is 96.9 Å². The molecule has 0 amide bonds. The molecule has 0 radical (unpaired) electrons. The number of benzene rings is 1. The standard InChI is InChI=1S/C14H17NO/c1-11(2)14(16)5-3-4-12-6-8-13(10-15)9-7-12/h6-9,11H,3-5H2,1-2H3. The van der Waals surface area contributed by atoms with E-state index in [1.54, 1.807) is 0 Å². The van der Waals surface area contributed by atoms with Crippen LogP contribution in [0.3, 0.4) is 0 Å². The topological polar surface area (TPSA) is 40.9 Å². The fourth-order valence-corrected chi connectivity index (χ4v) is 1.50. The lowest BCUT2D eigenvalue weighted by Gasteiger charge is -2.04. The molecule has 0 aliphatic carbocycles. The predicted molar refractivity (Wildman–Crippen MR) is 63.9 cm³/mol. The molecule has 1 aromatic carbocycles. The van der Waals surface area contributed by atoms with Gasteiger partial charge in [0.05, 0.1) is 11.6 Å². The van der Waals surface area contributed by atoms with Gasteiger partial charge in [0.2, 0.25) is 0 Å². The number of ketones is 1. The first kappa shape index (κ1) is 12.4. The Hall–Kier alpha value is -1.62. The molecule has 0 aromatic heterocycles. The molecule has 1 aromatic rings. The summed E-state index contributed by atoms with van der Waals surface area (Å²) in [6.45, 7) is 3.87. The van der Waals surface area contributed by atoms with E-state index in [9.17, 15) is 4.79 Å². The first-order valence-corrected chi connectivity index (χ1v) is 5.65. The first-order chi connectivity index (χ1) is 7.63. The molecule has 1 rings (SSSR count). The van der Waals surface area contributed by atoms with Gasteiger partial charge in [-0.2, -0.15) is 5.26 Å². The van der Waals surface area contributed by atoms with Crippen LogP contribution in [0.15, 0.2) is 24.3 Å². The third-order valence-electron chi connectivity index (χ3n) is 2.62. The molecule has 2 heteroatoms. The Balaban J connectivity index is 2.38. The maximum Gasteiger partial charge on any atom is 0.135 e. The largest absolute Gasteiger partial charge is 0.299 e. The zero-order chi connectivity index (χ0) is 12.0. The van der Waals surface area contributed by atoms with Gasteiger partial charge in [-0.15, -0.1) is 0 Å². The lowest BCUT2D eigenvalue weighted by molar-refractivity contribution is -0.121. The summed E-state index contributed by atoms with van der Waals surface area (Å²) in [5.41, 5.74) is 1.87. The number of carbonyl (C=O) groups is 1. The van der Waals surface area contributed by atoms with Gasteiger partial charge in [0.1, 0.15) is 5.78 Å². The van der Waals surface area contributed by atoms with Crippen LogP contribution in [0.25, 0.3) is 0 Å². The number of nitrogens with zero attached hydrogens (tertiary/aromatic N) is 1. The third-order valence-corrected chi connectivity index (χ3v) is 2.62. The van der Waals surface area contributed by atoms with Gasteiger partial charge in [-0.25, -0.2) is 0 Å². The van der Waals surface area contributed by atoms with Crippen molar-refractivity contribution in [1.82, 2.24) is 0 Å². The van der Waals surface area contributed by atoms with Crippen LogP contribution in [0.2, 0.25) is 0 Å². The van der Waals surface area contributed by atoms with E-state index in [4.69, 9.17) is 5.26 Å². The molecule has 0 N–H and O–H groups in total. The van der Waals surface area contributed by atoms with Crippen LogP contribution in [0.4, 0.5) is 0 Å². The maximum atomic E-state index is 11.4. The molecule has 0 saturated heterocycles. The molecule has 0 bridgehead atoms. The van der Waals surface area contributed by atoms with Crippen LogP contribution < -0.4 is 0 Å². The monoisotopic (exact) mass is 215 g/mol. The smallest absolute Gasteiger partial charge is 0.135 e. The normalized spacial score (nSPS) is 10.1. The molecule has 0 atom stereocenters. The Morgan fingerprint density at radius 1 is 1.31 bits per heavy atom. The summed E-state index contributed by atoms with van der Waals surface area (Å²) in [4.78, 5) is 11.4. The highest BCUT2D eigenvalue weighted by Gasteiger charge is 2.06. The van der Waals surface area contributed by atoms with Crippen LogP contribution in [0, 0.1) is 17.2 Å². The Morgan fingerprint density at radius 3 is 2.44 bits per heavy atom. The molecule has 84 valence electrons. The van der Waals surface area contributed by atoms with E-state index in [1.165, 1.54) is 5.56 Å². The molecule has 0 saturated carbocycles. The van der Waals surface area contributed by atoms with Gasteiger partial charge in [0, 0.05) is 12.3 Å². The summed E-state index contributed by atoms with van der Waals surface area (Å²) in [7, 11) is 0. The second-order valence-electron chi connectivity index (χ2n) is 4.28. The molecule has 0 heterocycles. The summed E-state index contributed by atoms with van der Waals surface area (Å²) in [6, 6.07) is 9.64. The average molecular weight is 215 g/mol. The van der Waals surface area contributed by atoms with Gasteiger partial charge in [-0.3, -0.25) is 4.79 Å². The number of nitriles is 1. The summed E-state index contributed by atoms with van der Waals surface area (Å²) < 4.78 is 0. The first-order valence-electron chi connectivity index (χ1n) is 5.65. The van der Waals surface area contributed by atoms with Gasteiger partial charge in [0.15, 0.2) is 0 Å². The summed E-state index contributed by atoms with van der Waals surface area (Å²) >= 11 is 0. The molecule has 0 unspecified atom stereocenters. The molecule has 0 spiro atoms. The van der Waals surface area contributed by atoms with Crippen LogP contribution in [0.5, 0.6) is 0 Å². The van der Waals surface area contributed by atoms with Gasteiger partial charge in [-0.1, -0.05) is 26.0 Å². The van der Waals surface area contributed by atoms with E-state index in [0.717, 1.165) is 12.8 Å². The van der Waals surface area contributed by atoms with Crippen molar-refractivity contribution in [2.75, 3.05) is 0 Å². The highest BCUT2D eigenvalue weighted by atomic mass is 16.1. The van der Waals surface area contributed by atoms with Crippen molar-refractivity contribution in [3.05, 3.63) is 35.4 Å². The lowest BCUT2D eigenvalue weighted by Crippen LogP contribution is -2.06. The van der Waals surface area contributed by atoms with E-state index in [2.05, 4.69) is 6.07 Å². The zero-order valence-electron chi connectivity index (χ0n) is 9.86. The van der Waals surface area contributed by atoms with Crippen molar-refractivity contribution in [1.29, 1.82) is 5.26 Å². The van der Waals surface area contributed by atoms with Crippen molar-refractivity contribution in [2.24, 2.45) is 5.92 Å². The summed E-state index contributed by atoms with van der Waals surface area (Å²) in [6.07, 6.45) is 2.45. The van der Waals surface area contributed by atoms with Crippen LogP contribution in [-0.4, -0.2) is 5.78 Å². The van der Waals surface area contributed by atoms with Gasteiger partial charge in [-0.05, 0) is 30.5 Å². The Kier molecular flexibility index (Phi) is 4.72. The minimum atomic E-state index is 0.140. The zero-order valence-corrected chi connectivity index (χ0v) is 9.86. The van der Waals surface area contributed by atoms with Crippen LogP contribution in [-0.2, 0) is 11.2 Å². The number of aryl methyl sites for hydroxylation is 1. The quantitative estimate of drug-likeness (QED) is 0.757. The molecule has 0 aliphatic rings. The molecule has 2 nitrogen and oxygen atoms in total. The van der Waals surface area contributed by atoms with Crippen molar-refractivity contribution in [3.8, 4) is 6.07 Å². The second kappa shape index (κ2) is 6.07. The SMILES string of the molecule is CC(C)C(=O)CCCc1ccc(C#N)cc1. The third kappa shape index (κ3) is 3.86. The van der Waals surface area contributed by atoms with Crippen LogP contribution >= 0.6 is 0 Å². The lowest BCUT2D eigenvalue weighted by atomic mass is 10.0. The average Bonchev–Trinajstić information content (AvgIpc) is 2.29. The minimum Gasteiger partial charge on any atom is -0.299 e. The van der Waals surface area contributed by atoms with Crippen molar-refractivity contribution in [2.45, 2.75) is 33.1 Å². The molecule has 0 aliphatic heterocycles. The minimum absolute atomic E-state index is 0.140. The molecular formula is C14H17NO. The fraction of sp³-hybridized carbons (Fsp3) is 0.429. The van der Waals surface area contributed by atoms with Crippen molar-refractivity contribution in [3.63, 3.8) is 0 Å². The summed E-state index contributed by atoms with van der Waals surface area (Å²) in [5.74, 6) is 0.467. The number of carbonyl (C=O) groups excluding carboxylic acids is 1. The van der Waals surface area contributed by atoms with E-state index < -0.39 is 0 Å². The van der Waals surface area contributed by atoms with Crippen LogP contribution in [0.1, 0.15) is 37.8 Å². The van der Waals surface area contributed by atoms with E-state index in [0.29, 0.717) is 17.8 Å². The molecule has 0 fully saturated rings. The number of rotatable bonds is 5. The number of Topliss-reactive ketones (excluding diaryl/α,β-unsaturated/α-hetero) is 1. The highest BCUT2D eigenvalue weighted by molar-refractivity contribution is 5.80. The Morgan fingerprint density at radius 2 is 1.94 bits per heavy atom. The predicted octanol–water partition coefficient (Wildman–Crippen LogP) is 3.11. The van der Waals surface area contributed by atoms with E-state index in [-0.39, 0.29) is 5.92 Å². The maximum absolute atomic E-state index is 11.4. The van der Waals surface area contributed by atoms with Crippen molar-refractivity contribution >= 4 is 5.78 Å². The second-order valence-corrected chi connectivity index (χ2v) is 4.28. The number of hydrogen-bond donors (Lipinski definition) is 0. The Bertz CT molecular complexity index is 384. The highest BCUT2D eigenvalue weighted by Crippen LogP contribution is 2.09. The summed E-state index contributed by atoms with van der Waals surface area (Å²) in [5, 5.41) is 8.64. The van der Waals surface area contributed by atoms with Gasteiger partial charge in [0.25, 0.3) is 0 Å². The fourth-order valence-electron chi connectivity index (χ4n) is 1.50. The number of hydrogen-bond acceptors (Lipinski definition) is 2. The van der Waals surface area contributed by atoms with Gasteiger partial charge < -0.3 is 0 Å².